The summed E-state index contributed by atoms with van der Waals surface area (Å²) >= 11 is 3.31. The Morgan fingerprint density at radius 2 is 1.68 bits per heavy atom. The van der Waals surface area contributed by atoms with E-state index in [9.17, 15) is 15.3 Å². The van der Waals surface area contributed by atoms with Crippen molar-refractivity contribution in [2.75, 3.05) is 11.9 Å². The first-order chi connectivity index (χ1) is 9.02. The summed E-state index contributed by atoms with van der Waals surface area (Å²) in [7, 11) is 0. The van der Waals surface area contributed by atoms with Gasteiger partial charge in [-0.15, -0.1) is 0 Å². The minimum atomic E-state index is -1.38. The van der Waals surface area contributed by atoms with E-state index < -0.39 is 37.3 Å². The Balaban J connectivity index is 2.08. The lowest BCUT2D eigenvalue weighted by Gasteiger charge is -2.40. The van der Waals surface area contributed by atoms with Crippen LogP contribution in [0.15, 0.2) is 28.7 Å². The first kappa shape index (κ1) is 14.7. The highest BCUT2D eigenvalue weighted by Crippen LogP contribution is 2.23. The SMILES string of the molecule is OC[C@@H]1O[C@H](Nc2ccc(Br)cc2)[C@H](O)[C@H](O)[C@H]1O. The fraction of sp³-hybridized carbons (Fsp3) is 0.500. The lowest BCUT2D eigenvalue weighted by Crippen LogP contribution is -2.60. The van der Waals surface area contributed by atoms with Gasteiger partial charge in [0.25, 0.3) is 0 Å². The van der Waals surface area contributed by atoms with Crippen molar-refractivity contribution in [2.24, 2.45) is 0 Å². The van der Waals surface area contributed by atoms with Gasteiger partial charge in [0.2, 0.25) is 0 Å². The van der Waals surface area contributed by atoms with Crippen molar-refractivity contribution in [3.63, 3.8) is 0 Å². The molecule has 0 amide bonds. The van der Waals surface area contributed by atoms with Crippen LogP contribution >= 0.6 is 15.9 Å². The van der Waals surface area contributed by atoms with Gasteiger partial charge in [0.15, 0.2) is 6.23 Å². The van der Waals surface area contributed by atoms with E-state index in [1.54, 1.807) is 12.1 Å². The molecule has 0 unspecified atom stereocenters. The van der Waals surface area contributed by atoms with E-state index in [-0.39, 0.29) is 0 Å². The molecule has 0 bridgehead atoms. The van der Waals surface area contributed by atoms with Crippen LogP contribution in [-0.2, 0) is 4.74 Å². The molecule has 1 saturated heterocycles. The van der Waals surface area contributed by atoms with Crippen LogP contribution in [-0.4, -0.2) is 57.7 Å². The van der Waals surface area contributed by atoms with Crippen molar-refractivity contribution in [2.45, 2.75) is 30.6 Å². The number of hydrogen-bond acceptors (Lipinski definition) is 6. The zero-order chi connectivity index (χ0) is 14.0. The number of nitrogens with one attached hydrogen (secondary N) is 1. The minimum absolute atomic E-state index is 0.441. The van der Waals surface area contributed by atoms with Gasteiger partial charge >= 0.3 is 0 Å². The second-order valence-corrected chi connectivity index (χ2v) is 5.32. The van der Waals surface area contributed by atoms with Crippen molar-refractivity contribution >= 4 is 21.6 Å². The molecule has 6 nitrogen and oxygen atoms in total. The third kappa shape index (κ3) is 3.25. The zero-order valence-electron chi connectivity index (χ0n) is 9.98. The molecule has 0 saturated carbocycles. The van der Waals surface area contributed by atoms with Gasteiger partial charge in [0.05, 0.1) is 6.61 Å². The molecule has 1 aromatic carbocycles. The van der Waals surface area contributed by atoms with Crippen LogP contribution in [0, 0.1) is 0 Å². The summed E-state index contributed by atoms with van der Waals surface area (Å²) in [6, 6.07) is 7.16. The molecule has 19 heavy (non-hydrogen) atoms. The van der Waals surface area contributed by atoms with Gasteiger partial charge < -0.3 is 30.5 Å². The number of hydrogen-bond donors (Lipinski definition) is 5. The standard InChI is InChI=1S/C12H16BrNO5/c13-6-1-3-7(4-2-6)14-12-11(18)10(17)9(16)8(5-15)19-12/h1-4,8-12,14-18H,5H2/t8-,9-,10+,11+,12-/m0/s1. The molecule has 1 aliphatic heterocycles. The highest BCUT2D eigenvalue weighted by atomic mass is 79.9. The maximum Gasteiger partial charge on any atom is 0.157 e. The summed E-state index contributed by atoms with van der Waals surface area (Å²) < 4.78 is 6.24. The molecule has 0 spiro atoms. The second kappa shape index (κ2) is 6.17. The molecule has 1 aliphatic rings. The number of halogens is 1. The van der Waals surface area contributed by atoms with Crippen LogP contribution in [0.5, 0.6) is 0 Å². The molecule has 1 aromatic rings. The van der Waals surface area contributed by atoms with Crippen molar-refractivity contribution in [3.05, 3.63) is 28.7 Å². The molecule has 0 radical (unpaired) electrons. The average molecular weight is 334 g/mol. The second-order valence-electron chi connectivity index (χ2n) is 4.40. The van der Waals surface area contributed by atoms with Crippen LogP contribution in [0.4, 0.5) is 5.69 Å². The fourth-order valence-corrected chi connectivity index (χ4v) is 2.20. The normalized spacial score (nSPS) is 35.1. The maximum absolute atomic E-state index is 9.85. The van der Waals surface area contributed by atoms with Crippen LogP contribution < -0.4 is 5.32 Å². The average Bonchev–Trinajstić information content (AvgIpc) is 2.42. The number of benzene rings is 1. The molecule has 0 aromatic heterocycles. The molecular formula is C12H16BrNO5. The summed E-state index contributed by atoms with van der Waals surface area (Å²) in [5.74, 6) is 0. The number of aliphatic hydroxyl groups excluding tert-OH is 4. The van der Waals surface area contributed by atoms with Gasteiger partial charge in [-0.25, -0.2) is 0 Å². The Bertz CT molecular complexity index is 413. The van der Waals surface area contributed by atoms with Crippen molar-refractivity contribution in [1.29, 1.82) is 0 Å². The van der Waals surface area contributed by atoms with Crippen LogP contribution in [0.2, 0.25) is 0 Å². The van der Waals surface area contributed by atoms with Crippen molar-refractivity contribution < 1.29 is 25.2 Å². The summed E-state index contributed by atoms with van der Waals surface area (Å²) in [6.07, 6.45) is -5.83. The predicted octanol–water partition coefficient (Wildman–Crippen LogP) is -0.339. The number of anilines is 1. The fourth-order valence-electron chi connectivity index (χ4n) is 1.93. The molecule has 1 fully saturated rings. The summed E-state index contributed by atoms with van der Waals surface area (Å²) in [5.41, 5.74) is 0.688. The molecular weight excluding hydrogens is 318 g/mol. The molecule has 1 heterocycles. The topological polar surface area (TPSA) is 102 Å². The van der Waals surface area contributed by atoms with Crippen molar-refractivity contribution in [1.82, 2.24) is 0 Å². The minimum Gasteiger partial charge on any atom is -0.394 e. The van der Waals surface area contributed by atoms with Gasteiger partial charge in [-0.1, -0.05) is 15.9 Å². The van der Waals surface area contributed by atoms with Crippen LogP contribution in [0.3, 0.4) is 0 Å². The third-order valence-corrected chi connectivity index (χ3v) is 3.57. The van der Waals surface area contributed by atoms with E-state index in [1.807, 2.05) is 12.1 Å². The van der Waals surface area contributed by atoms with E-state index in [0.29, 0.717) is 5.69 Å². The highest BCUT2D eigenvalue weighted by molar-refractivity contribution is 9.10. The van der Waals surface area contributed by atoms with Gasteiger partial charge in [-0.2, -0.15) is 0 Å². The third-order valence-electron chi connectivity index (χ3n) is 3.05. The number of ether oxygens (including phenoxy) is 1. The van der Waals surface area contributed by atoms with Gasteiger partial charge in [0, 0.05) is 10.2 Å². The highest BCUT2D eigenvalue weighted by Gasteiger charge is 2.43. The largest absolute Gasteiger partial charge is 0.394 e. The Kier molecular flexibility index (Phi) is 4.77. The Morgan fingerprint density at radius 3 is 2.26 bits per heavy atom. The zero-order valence-corrected chi connectivity index (χ0v) is 11.6. The predicted molar refractivity (Wildman–Crippen MR) is 71.5 cm³/mol. The van der Waals surface area contributed by atoms with E-state index in [2.05, 4.69) is 21.2 Å². The Labute approximate surface area is 118 Å². The van der Waals surface area contributed by atoms with Gasteiger partial charge in [-0.3, -0.25) is 0 Å². The lowest BCUT2D eigenvalue weighted by molar-refractivity contribution is -0.221. The van der Waals surface area contributed by atoms with E-state index in [1.165, 1.54) is 0 Å². The van der Waals surface area contributed by atoms with Crippen LogP contribution in [0.1, 0.15) is 0 Å². The van der Waals surface area contributed by atoms with Gasteiger partial charge in [0.1, 0.15) is 24.4 Å². The van der Waals surface area contributed by atoms with Gasteiger partial charge in [-0.05, 0) is 24.3 Å². The lowest BCUT2D eigenvalue weighted by atomic mass is 9.98. The van der Waals surface area contributed by atoms with E-state index in [0.717, 1.165) is 4.47 Å². The maximum atomic E-state index is 9.85. The number of aliphatic hydroxyl groups is 4. The van der Waals surface area contributed by atoms with Crippen molar-refractivity contribution in [3.8, 4) is 0 Å². The summed E-state index contributed by atoms with van der Waals surface area (Å²) in [4.78, 5) is 0. The molecule has 106 valence electrons. The first-order valence-electron chi connectivity index (χ1n) is 5.85. The molecule has 5 N–H and O–H groups in total. The summed E-state index contributed by atoms with van der Waals surface area (Å²) in [5, 5.41) is 41.1. The molecule has 7 heteroatoms. The Morgan fingerprint density at radius 1 is 1.05 bits per heavy atom. The smallest absolute Gasteiger partial charge is 0.157 e. The first-order valence-corrected chi connectivity index (χ1v) is 6.65. The van der Waals surface area contributed by atoms with E-state index in [4.69, 9.17) is 9.84 Å². The molecule has 0 aliphatic carbocycles. The van der Waals surface area contributed by atoms with Crippen LogP contribution in [0.25, 0.3) is 0 Å². The molecule has 5 atom stereocenters. The summed E-state index contributed by atoms with van der Waals surface area (Å²) in [6.45, 7) is -0.441. The quantitative estimate of drug-likeness (QED) is 0.518. The molecule has 2 rings (SSSR count). The Hall–Kier alpha value is -0.700. The number of rotatable bonds is 3. The van der Waals surface area contributed by atoms with E-state index >= 15 is 0 Å². The monoisotopic (exact) mass is 333 g/mol.